The number of aryl methyl sites for hydroxylation is 2. The van der Waals surface area contributed by atoms with E-state index in [0.717, 1.165) is 11.4 Å². The smallest absolute Gasteiger partial charge is 0.216 e. The summed E-state index contributed by atoms with van der Waals surface area (Å²) in [6, 6.07) is 5.80. The van der Waals surface area contributed by atoms with Crippen LogP contribution < -0.4 is 0 Å². The van der Waals surface area contributed by atoms with Crippen LogP contribution in [0, 0.1) is 11.7 Å². The van der Waals surface area contributed by atoms with E-state index in [4.69, 9.17) is 12.2 Å². The second kappa shape index (κ2) is 4.89. The Hall–Kier alpha value is -2.48. The molecular formula is C12H13N7S. The summed E-state index contributed by atoms with van der Waals surface area (Å²) >= 11 is 5.19. The molecule has 7 nitrogen and oxygen atoms in total. The number of hydrogen-bond acceptors (Lipinski definition) is 4. The quantitative estimate of drug-likeness (QED) is 0.570. The number of rotatable bonds is 3. The van der Waals surface area contributed by atoms with Gasteiger partial charge in [0.25, 0.3) is 0 Å². The summed E-state index contributed by atoms with van der Waals surface area (Å²) in [7, 11) is 1.95. The average molecular weight is 287 g/mol. The van der Waals surface area contributed by atoms with Crippen LogP contribution in [0.15, 0.2) is 29.5 Å². The highest BCUT2D eigenvalue weighted by Crippen LogP contribution is 2.15. The van der Waals surface area contributed by atoms with E-state index in [1.165, 1.54) is 0 Å². The highest BCUT2D eigenvalue weighted by Gasteiger charge is 2.11. The maximum absolute atomic E-state index is 5.19. The van der Waals surface area contributed by atoms with Gasteiger partial charge in [0, 0.05) is 18.9 Å². The third-order valence-corrected chi connectivity index (χ3v) is 3.14. The molecular weight excluding hydrogens is 274 g/mol. The topological polar surface area (TPSA) is 79.6 Å². The summed E-state index contributed by atoms with van der Waals surface area (Å²) < 4.78 is 3.94. The van der Waals surface area contributed by atoms with Gasteiger partial charge in [0.2, 0.25) is 10.6 Å². The van der Waals surface area contributed by atoms with E-state index in [2.05, 4.69) is 25.5 Å². The third kappa shape index (κ3) is 2.21. The molecule has 3 aromatic heterocycles. The van der Waals surface area contributed by atoms with Gasteiger partial charge in [0.15, 0.2) is 0 Å². The molecule has 20 heavy (non-hydrogen) atoms. The molecule has 0 aromatic carbocycles. The molecule has 0 bridgehead atoms. The molecule has 2 N–H and O–H groups in total. The summed E-state index contributed by atoms with van der Waals surface area (Å²) in [5.74, 6) is 0.574. The van der Waals surface area contributed by atoms with E-state index >= 15 is 0 Å². The van der Waals surface area contributed by atoms with Gasteiger partial charge in [0.1, 0.15) is 5.69 Å². The molecule has 0 aliphatic rings. The highest BCUT2D eigenvalue weighted by molar-refractivity contribution is 7.71. The number of nitrogens with zero attached hydrogens (tertiary/aromatic N) is 5. The zero-order valence-corrected chi connectivity index (χ0v) is 11.8. The van der Waals surface area contributed by atoms with Crippen molar-refractivity contribution in [3.63, 3.8) is 0 Å². The SMILES string of the molecule is Cc1cc(-c2n[nH]c(=S)n2N=Cc2cccn2C)n[nH]1. The molecule has 0 atom stereocenters. The lowest BCUT2D eigenvalue weighted by Gasteiger charge is -1.98. The van der Waals surface area contributed by atoms with Crippen molar-refractivity contribution in [2.45, 2.75) is 6.92 Å². The molecule has 0 aliphatic heterocycles. The van der Waals surface area contributed by atoms with Gasteiger partial charge >= 0.3 is 0 Å². The van der Waals surface area contributed by atoms with Crippen LogP contribution in [0.5, 0.6) is 0 Å². The predicted molar refractivity (Wildman–Crippen MR) is 78.1 cm³/mol. The van der Waals surface area contributed by atoms with Gasteiger partial charge in [-0.1, -0.05) is 0 Å². The van der Waals surface area contributed by atoms with Gasteiger partial charge in [-0.15, -0.1) is 0 Å². The minimum absolute atomic E-state index is 0.422. The van der Waals surface area contributed by atoms with Crippen molar-refractivity contribution in [3.05, 3.63) is 40.6 Å². The lowest BCUT2D eigenvalue weighted by atomic mass is 10.3. The first-order chi connectivity index (χ1) is 9.65. The Labute approximate surface area is 120 Å². The first kappa shape index (κ1) is 12.5. The maximum Gasteiger partial charge on any atom is 0.216 e. The first-order valence-electron chi connectivity index (χ1n) is 6.00. The number of hydrogen-bond donors (Lipinski definition) is 2. The normalized spacial score (nSPS) is 11.5. The Morgan fingerprint density at radius 3 is 2.85 bits per heavy atom. The number of nitrogens with one attached hydrogen (secondary N) is 2. The number of aromatic nitrogens is 6. The number of H-pyrrole nitrogens is 2. The molecule has 3 aromatic rings. The summed E-state index contributed by atoms with van der Waals surface area (Å²) in [4.78, 5) is 0. The zero-order valence-electron chi connectivity index (χ0n) is 11.0. The molecule has 0 saturated carbocycles. The van der Waals surface area contributed by atoms with Crippen LogP contribution in [0.3, 0.4) is 0 Å². The van der Waals surface area contributed by atoms with Crippen LogP contribution >= 0.6 is 12.2 Å². The molecule has 0 radical (unpaired) electrons. The van der Waals surface area contributed by atoms with Crippen LogP contribution in [0.4, 0.5) is 0 Å². The molecule has 102 valence electrons. The molecule has 3 heterocycles. The molecule has 8 heteroatoms. The predicted octanol–water partition coefficient (Wildman–Crippen LogP) is 1.86. The second-order valence-electron chi connectivity index (χ2n) is 4.39. The Balaban J connectivity index is 2.02. The van der Waals surface area contributed by atoms with Gasteiger partial charge in [-0.25, -0.2) is 5.10 Å². The van der Waals surface area contributed by atoms with Crippen LogP contribution in [0.25, 0.3) is 11.5 Å². The Morgan fingerprint density at radius 1 is 1.35 bits per heavy atom. The van der Waals surface area contributed by atoms with Crippen molar-refractivity contribution in [2.75, 3.05) is 0 Å². The lowest BCUT2D eigenvalue weighted by molar-refractivity contribution is 0.857. The van der Waals surface area contributed by atoms with E-state index in [0.29, 0.717) is 16.3 Å². The average Bonchev–Trinajstić information content (AvgIpc) is 3.09. The molecule has 0 unspecified atom stereocenters. The lowest BCUT2D eigenvalue weighted by Crippen LogP contribution is -1.98. The van der Waals surface area contributed by atoms with E-state index in [9.17, 15) is 0 Å². The summed E-state index contributed by atoms with van der Waals surface area (Å²) in [5, 5.41) is 18.3. The summed E-state index contributed by atoms with van der Waals surface area (Å²) in [6.45, 7) is 1.93. The highest BCUT2D eigenvalue weighted by atomic mass is 32.1. The fourth-order valence-corrected chi connectivity index (χ4v) is 2.00. The van der Waals surface area contributed by atoms with Gasteiger partial charge < -0.3 is 4.57 Å². The van der Waals surface area contributed by atoms with Crippen LogP contribution in [0.1, 0.15) is 11.4 Å². The van der Waals surface area contributed by atoms with Gasteiger partial charge in [0.05, 0.1) is 11.9 Å². The van der Waals surface area contributed by atoms with Crippen molar-refractivity contribution >= 4 is 18.4 Å². The van der Waals surface area contributed by atoms with Crippen LogP contribution in [-0.4, -0.2) is 35.9 Å². The fourth-order valence-electron chi connectivity index (χ4n) is 1.82. The molecule has 0 saturated heterocycles. The Morgan fingerprint density at radius 2 is 2.20 bits per heavy atom. The molecule has 3 rings (SSSR count). The zero-order chi connectivity index (χ0) is 14.1. The second-order valence-corrected chi connectivity index (χ2v) is 4.78. The molecule has 0 spiro atoms. The maximum atomic E-state index is 5.19. The van der Waals surface area contributed by atoms with Crippen molar-refractivity contribution < 1.29 is 0 Å². The molecule has 0 aliphatic carbocycles. The van der Waals surface area contributed by atoms with E-state index < -0.39 is 0 Å². The minimum Gasteiger partial charge on any atom is -0.350 e. The Kier molecular flexibility index (Phi) is 3.07. The first-order valence-corrected chi connectivity index (χ1v) is 6.41. The monoisotopic (exact) mass is 287 g/mol. The molecule has 0 fully saturated rings. The van der Waals surface area contributed by atoms with Crippen molar-refractivity contribution in [1.29, 1.82) is 0 Å². The molecule has 0 amide bonds. The third-order valence-electron chi connectivity index (χ3n) is 2.87. The van der Waals surface area contributed by atoms with Crippen LogP contribution in [-0.2, 0) is 7.05 Å². The Bertz CT molecular complexity index is 817. The fraction of sp³-hybridized carbons (Fsp3) is 0.167. The van der Waals surface area contributed by atoms with Gasteiger partial charge in [-0.2, -0.15) is 20.0 Å². The number of aromatic amines is 2. The minimum atomic E-state index is 0.422. The van der Waals surface area contributed by atoms with E-state index in [-0.39, 0.29) is 0 Å². The van der Waals surface area contributed by atoms with Crippen molar-refractivity contribution in [2.24, 2.45) is 12.1 Å². The van der Waals surface area contributed by atoms with Crippen LogP contribution in [0.2, 0.25) is 0 Å². The van der Waals surface area contributed by atoms with E-state index in [1.54, 1.807) is 10.9 Å². The standard InChI is InChI=1S/C12H13N7S/c1-8-6-10(15-14-8)11-16-17-12(20)19(11)13-7-9-4-3-5-18(9)2/h3-7H,1-2H3,(H,14,15)(H,17,20). The summed E-state index contributed by atoms with van der Waals surface area (Å²) in [5.41, 5.74) is 2.61. The van der Waals surface area contributed by atoms with Crippen molar-refractivity contribution in [3.8, 4) is 11.5 Å². The summed E-state index contributed by atoms with van der Waals surface area (Å²) in [6.07, 6.45) is 3.68. The van der Waals surface area contributed by atoms with Crippen molar-refractivity contribution in [1.82, 2.24) is 29.6 Å². The van der Waals surface area contributed by atoms with Gasteiger partial charge in [-0.05, 0) is 37.3 Å². The van der Waals surface area contributed by atoms with E-state index in [1.807, 2.05) is 42.9 Å². The largest absolute Gasteiger partial charge is 0.350 e. The van der Waals surface area contributed by atoms with Gasteiger partial charge in [-0.3, -0.25) is 5.10 Å².